The van der Waals surface area contributed by atoms with Crippen LogP contribution in [-0.4, -0.2) is 75.0 Å². The maximum atomic E-state index is 14.2. The first-order valence-corrected chi connectivity index (χ1v) is 15.2. The molecule has 3 amide bonds. The zero-order valence-electron chi connectivity index (χ0n) is 24.7. The number of hydrogen-bond acceptors (Lipinski definition) is 7. The fraction of sp³-hybridized carbons (Fsp3) is 0.581. The van der Waals surface area contributed by atoms with Crippen LogP contribution in [0.15, 0.2) is 41.6 Å². The zero-order chi connectivity index (χ0) is 31.0. The van der Waals surface area contributed by atoms with E-state index in [1.54, 1.807) is 39.0 Å². The standard InChI is InChI=1S/C31H39ClN4O7/c1-29(2,3)42-28(41)33-22-13-8-6-4-5-7-11-20-15-31(20,27(39)40)34-25(37)24-17-30(18-36(24)26(22)38)16-23(35-43-30)19-10-9-12-21(32)14-19/h7,9-12,14,20,22,24H,4-6,8,13,15-18H2,1-3H3,(H,33,41)(H,34,37)(H,39,40)/t20-,22-,24+,30+,31-/m1/s1. The average molecular weight is 615 g/mol. The summed E-state index contributed by atoms with van der Waals surface area (Å²) in [4.78, 5) is 60.6. The highest BCUT2D eigenvalue weighted by Crippen LogP contribution is 2.46. The van der Waals surface area contributed by atoms with Gasteiger partial charge in [-0.3, -0.25) is 9.59 Å². The van der Waals surface area contributed by atoms with Crippen LogP contribution in [0.25, 0.3) is 0 Å². The van der Waals surface area contributed by atoms with Gasteiger partial charge < -0.3 is 30.2 Å². The van der Waals surface area contributed by atoms with Gasteiger partial charge in [0.2, 0.25) is 11.8 Å². The van der Waals surface area contributed by atoms with E-state index in [4.69, 9.17) is 21.2 Å². The summed E-state index contributed by atoms with van der Waals surface area (Å²) in [5, 5.41) is 20.4. The Morgan fingerprint density at radius 2 is 2.00 bits per heavy atom. The second-order valence-electron chi connectivity index (χ2n) is 13.0. The fourth-order valence-electron chi connectivity index (χ4n) is 6.17. The number of amides is 3. The highest BCUT2D eigenvalue weighted by atomic mass is 35.5. The second kappa shape index (κ2) is 11.8. The van der Waals surface area contributed by atoms with Gasteiger partial charge in [0.1, 0.15) is 23.2 Å². The van der Waals surface area contributed by atoms with Crippen molar-refractivity contribution in [1.29, 1.82) is 0 Å². The molecule has 43 heavy (non-hydrogen) atoms. The predicted octanol–water partition coefficient (Wildman–Crippen LogP) is 4.18. The van der Waals surface area contributed by atoms with Crippen LogP contribution in [0.1, 0.15) is 77.7 Å². The van der Waals surface area contributed by atoms with Gasteiger partial charge in [0, 0.05) is 29.3 Å². The van der Waals surface area contributed by atoms with E-state index in [0.717, 1.165) is 24.8 Å². The third kappa shape index (κ3) is 6.82. The first-order valence-electron chi connectivity index (χ1n) is 14.8. The van der Waals surface area contributed by atoms with E-state index in [1.165, 1.54) is 4.90 Å². The normalized spacial score (nSPS) is 31.1. The molecule has 0 bridgehead atoms. The Bertz CT molecular complexity index is 1360. The number of oxime groups is 1. The van der Waals surface area contributed by atoms with Gasteiger partial charge in [-0.05, 0) is 58.6 Å². The number of carboxylic acids is 1. The Hall–Kier alpha value is -3.60. The Morgan fingerprint density at radius 1 is 1.21 bits per heavy atom. The van der Waals surface area contributed by atoms with Gasteiger partial charge in [0.05, 0.1) is 12.3 Å². The summed E-state index contributed by atoms with van der Waals surface area (Å²) in [5.41, 5.74) is -1.79. The number of ether oxygens (including phenoxy) is 1. The molecule has 1 saturated heterocycles. The predicted molar refractivity (Wildman–Crippen MR) is 159 cm³/mol. The molecule has 1 aromatic carbocycles. The van der Waals surface area contributed by atoms with Crippen molar-refractivity contribution in [3.05, 3.63) is 47.0 Å². The largest absolute Gasteiger partial charge is 0.479 e. The van der Waals surface area contributed by atoms with Crippen molar-refractivity contribution in [2.24, 2.45) is 11.1 Å². The number of allylic oxidation sites excluding steroid dienone is 1. The molecule has 5 atom stereocenters. The Kier molecular flexibility index (Phi) is 8.48. The zero-order valence-corrected chi connectivity index (χ0v) is 25.5. The molecule has 3 N–H and O–H groups in total. The molecule has 3 aliphatic heterocycles. The molecule has 0 unspecified atom stereocenters. The van der Waals surface area contributed by atoms with Crippen LogP contribution in [0.5, 0.6) is 0 Å². The van der Waals surface area contributed by atoms with Crippen LogP contribution in [0, 0.1) is 5.92 Å². The number of alkyl carbamates (subject to hydrolysis) is 1. The fourth-order valence-corrected chi connectivity index (χ4v) is 6.36. The smallest absolute Gasteiger partial charge is 0.408 e. The molecular formula is C31H39ClN4O7. The number of nitrogens with one attached hydrogen (secondary N) is 2. The number of fused-ring (bicyclic) bond motifs is 2. The molecule has 12 heteroatoms. The molecule has 1 aromatic rings. The van der Waals surface area contributed by atoms with Crippen molar-refractivity contribution >= 4 is 41.2 Å². The molecule has 1 aliphatic carbocycles. The van der Waals surface area contributed by atoms with Crippen molar-refractivity contribution in [3.63, 3.8) is 0 Å². The van der Waals surface area contributed by atoms with Crippen molar-refractivity contribution < 1.29 is 33.9 Å². The number of rotatable bonds is 3. The molecular weight excluding hydrogens is 576 g/mol. The molecule has 1 spiro atoms. The van der Waals surface area contributed by atoms with Crippen molar-refractivity contribution in [2.45, 2.75) is 101 Å². The monoisotopic (exact) mass is 614 g/mol. The van der Waals surface area contributed by atoms with Crippen LogP contribution in [0.4, 0.5) is 4.79 Å². The maximum Gasteiger partial charge on any atom is 0.408 e. The van der Waals surface area contributed by atoms with Gasteiger partial charge in [0.15, 0.2) is 5.60 Å². The van der Waals surface area contributed by atoms with Gasteiger partial charge in [-0.15, -0.1) is 0 Å². The minimum Gasteiger partial charge on any atom is -0.479 e. The summed E-state index contributed by atoms with van der Waals surface area (Å²) >= 11 is 6.19. The second-order valence-corrected chi connectivity index (χ2v) is 13.5. The number of hydrogen-bond donors (Lipinski definition) is 3. The summed E-state index contributed by atoms with van der Waals surface area (Å²) in [5.74, 6) is -2.47. The third-order valence-corrected chi connectivity index (χ3v) is 8.68. The van der Waals surface area contributed by atoms with Gasteiger partial charge in [-0.25, -0.2) is 9.59 Å². The number of benzene rings is 1. The minimum atomic E-state index is -1.43. The van der Waals surface area contributed by atoms with E-state index in [2.05, 4.69) is 15.8 Å². The Morgan fingerprint density at radius 3 is 2.72 bits per heavy atom. The number of halogens is 1. The van der Waals surface area contributed by atoms with Gasteiger partial charge in [0.25, 0.3) is 0 Å². The first kappa shape index (κ1) is 30.8. The van der Waals surface area contributed by atoms with Crippen LogP contribution in [0.2, 0.25) is 5.02 Å². The van der Waals surface area contributed by atoms with Crippen molar-refractivity contribution in [1.82, 2.24) is 15.5 Å². The van der Waals surface area contributed by atoms with E-state index in [9.17, 15) is 24.3 Å². The Labute approximate surface area is 256 Å². The molecule has 3 heterocycles. The summed E-state index contributed by atoms with van der Waals surface area (Å²) in [6, 6.07) is 5.21. The van der Waals surface area contributed by atoms with E-state index in [-0.39, 0.29) is 25.3 Å². The van der Waals surface area contributed by atoms with E-state index in [0.29, 0.717) is 30.0 Å². The highest BCUT2D eigenvalue weighted by Gasteiger charge is 2.62. The van der Waals surface area contributed by atoms with Crippen LogP contribution >= 0.6 is 11.6 Å². The molecule has 0 radical (unpaired) electrons. The molecule has 232 valence electrons. The van der Waals surface area contributed by atoms with E-state index in [1.807, 2.05) is 18.2 Å². The topological polar surface area (TPSA) is 147 Å². The van der Waals surface area contributed by atoms with Crippen molar-refractivity contribution in [3.8, 4) is 0 Å². The molecule has 1 saturated carbocycles. The van der Waals surface area contributed by atoms with E-state index >= 15 is 0 Å². The van der Waals surface area contributed by atoms with Gasteiger partial charge in [-0.2, -0.15) is 0 Å². The molecule has 11 nitrogen and oxygen atoms in total. The number of aliphatic carboxylic acids is 1. The lowest BCUT2D eigenvalue weighted by Gasteiger charge is -2.30. The molecule has 4 aliphatic rings. The quantitative estimate of drug-likeness (QED) is 0.433. The molecule has 5 rings (SSSR count). The van der Waals surface area contributed by atoms with Crippen molar-refractivity contribution in [2.75, 3.05) is 6.54 Å². The first-order chi connectivity index (χ1) is 20.3. The number of carbonyl (C=O) groups is 4. The van der Waals surface area contributed by atoms with Gasteiger partial charge in [-0.1, -0.05) is 53.9 Å². The SMILES string of the molecule is CC(C)(C)OC(=O)N[C@@H]1CCCCCC=C[C@@H]2C[C@@]2(C(=O)O)NC(=O)[C@@H]2C[C@@]3(CC(c4cccc(Cl)c4)=NO3)CN2C1=O. The number of carboxylic acid groups (broad SMARTS) is 1. The van der Waals surface area contributed by atoms with Crippen LogP contribution in [-0.2, 0) is 24.0 Å². The van der Waals surface area contributed by atoms with Crippen LogP contribution < -0.4 is 10.6 Å². The lowest BCUT2D eigenvalue weighted by atomic mass is 9.91. The average Bonchev–Trinajstić information content (AvgIpc) is 3.27. The Balaban J connectivity index is 1.44. The summed E-state index contributed by atoms with van der Waals surface area (Å²) < 4.78 is 5.44. The lowest BCUT2D eigenvalue weighted by Crippen LogP contribution is -2.56. The number of nitrogens with zero attached hydrogens (tertiary/aromatic N) is 2. The molecule has 2 fully saturated rings. The van der Waals surface area contributed by atoms with Crippen LogP contribution in [0.3, 0.4) is 0 Å². The van der Waals surface area contributed by atoms with Gasteiger partial charge >= 0.3 is 12.1 Å². The summed E-state index contributed by atoms with van der Waals surface area (Å²) in [7, 11) is 0. The van der Waals surface area contributed by atoms with E-state index < -0.39 is 52.7 Å². The molecule has 0 aromatic heterocycles. The highest BCUT2D eigenvalue weighted by molar-refractivity contribution is 6.31. The number of carbonyl (C=O) groups excluding carboxylic acids is 3. The minimum absolute atomic E-state index is 0.0351. The third-order valence-electron chi connectivity index (χ3n) is 8.45. The lowest BCUT2D eigenvalue weighted by molar-refractivity contribution is -0.145. The summed E-state index contributed by atoms with van der Waals surface area (Å²) in [6.07, 6.45) is 7.22. The maximum absolute atomic E-state index is 14.2. The summed E-state index contributed by atoms with van der Waals surface area (Å²) in [6.45, 7) is 5.25.